The molecule has 0 aliphatic heterocycles. The van der Waals surface area contributed by atoms with Gasteiger partial charge in [0.25, 0.3) is 0 Å². The topological polar surface area (TPSA) is 74.6 Å². The van der Waals surface area contributed by atoms with Crippen molar-refractivity contribution in [3.05, 3.63) is 12.2 Å². The lowest BCUT2D eigenvalue weighted by molar-refractivity contribution is -0.170. The molecule has 0 unspecified atom stereocenters. The van der Waals surface area contributed by atoms with Gasteiger partial charge >= 0.3 is 11.9 Å². The third kappa shape index (κ3) is 1.05. The number of rotatable bonds is 2. The van der Waals surface area contributed by atoms with Gasteiger partial charge in [0, 0.05) is 0 Å². The Labute approximate surface area is 93.0 Å². The molecule has 2 fully saturated rings. The minimum atomic E-state index is -0.947. The van der Waals surface area contributed by atoms with E-state index in [0.29, 0.717) is 11.8 Å². The summed E-state index contributed by atoms with van der Waals surface area (Å²) in [6, 6.07) is 0. The molecule has 16 heavy (non-hydrogen) atoms. The lowest BCUT2D eigenvalue weighted by atomic mass is 9.46. The molecular weight excluding hydrogens is 208 g/mol. The Balaban J connectivity index is 2.02. The molecule has 86 valence electrons. The van der Waals surface area contributed by atoms with Gasteiger partial charge in [-0.3, -0.25) is 9.59 Å². The fourth-order valence-corrected chi connectivity index (χ4v) is 3.94. The molecule has 0 amide bonds. The summed E-state index contributed by atoms with van der Waals surface area (Å²) in [4.78, 5) is 22.5. The molecule has 0 spiro atoms. The van der Waals surface area contributed by atoms with Gasteiger partial charge < -0.3 is 10.2 Å². The highest BCUT2D eigenvalue weighted by Crippen LogP contribution is 2.59. The smallest absolute Gasteiger partial charge is 0.308 e. The summed E-state index contributed by atoms with van der Waals surface area (Å²) in [5.41, 5.74) is 0. The van der Waals surface area contributed by atoms with Gasteiger partial charge in [-0.15, -0.1) is 0 Å². The lowest BCUT2D eigenvalue weighted by Gasteiger charge is -2.56. The van der Waals surface area contributed by atoms with E-state index in [4.69, 9.17) is 0 Å². The highest BCUT2D eigenvalue weighted by atomic mass is 16.4. The number of hydrogen-bond donors (Lipinski definition) is 2. The van der Waals surface area contributed by atoms with Crippen LogP contribution in [0.25, 0.3) is 0 Å². The van der Waals surface area contributed by atoms with Crippen molar-refractivity contribution in [2.75, 3.05) is 0 Å². The number of allylic oxidation sites excluding steroid dienone is 2. The molecule has 4 rings (SSSR count). The summed E-state index contributed by atoms with van der Waals surface area (Å²) in [5.74, 6) is -2.58. The van der Waals surface area contributed by atoms with Crippen molar-refractivity contribution in [2.24, 2.45) is 35.5 Å². The summed E-state index contributed by atoms with van der Waals surface area (Å²) in [6.07, 6.45) is 6.02. The zero-order valence-corrected chi connectivity index (χ0v) is 8.74. The highest BCUT2D eigenvalue weighted by molar-refractivity contribution is 5.82. The van der Waals surface area contributed by atoms with Gasteiger partial charge in [-0.05, 0) is 36.5 Å². The van der Waals surface area contributed by atoms with E-state index >= 15 is 0 Å². The molecule has 4 aliphatic carbocycles. The molecule has 0 saturated heterocycles. The van der Waals surface area contributed by atoms with Crippen LogP contribution in [0.3, 0.4) is 0 Å². The van der Waals surface area contributed by atoms with Gasteiger partial charge in [0.1, 0.15) is 0 Å². The zero-order valence-electron chi connectivity index (χ0n) is 8.74. The zero-order chi connectivity index (χ0) is 11.4. The molecule has 0 heterocycles. The van der Waals surface area contributed by atoms with Crippen LogP contribution in [0.15, 0.2) is 12.2 Å². The Morgan fingerprint density at radius 3 is 1.50 bits per heavy atom. The van der Waals surface area contributed by atoms with Gasteiger partial charge in [-0.1, -0.05) is 12.2 Å². The third-order valence-corrected chi connectivity index (χ3v) is 4.71. The molecule has 4 aliphatic rings. The first-order chi connectivity index (χ1) is 7.61. The predicted molar refractivity (Wildman–Crippen MR) is 54.6 cm³/mol. The van der Waals surface area contributed by atoms with Crippen LogP contribution in [0.1, 0.15) is 12.8 Å². The van der Waals surface area contributed by atoms with Crippen molar-refractivity contribution < 1.29 is 19.8 Å². The van der Waals surface area contributed by atoms with E-state index < -0.39 is 23.8 Å². The van der Waals surface area contributed by atoms with Crippen LogP contribution in [0, 0.1) is 35.5 Å². The summed E-state index contributed by atoms with van der Waals surface area (Å²) in [6.45, 7) is 0. The van der Waals surface area contributed by atoms with E-state index in [1.807, 2.05) is 12.2 Å². The van der Waals surface area contributed by atoms with Crippen LogP contribution in [0.5, 0.6) is 0 Å². The van der Waals surface area contributed by atoms with Crippen molar-refractivity contribution >= 4 is 11.9 Å². The van der Waals surface area contributed by atoms with Gasteiger partial charge in [0.05, 0.1) is 11.8 Å². The molecule has 2 N–H and O–H groups in total. The van der Waals surface area contributed by atoms with Gasteiger partial charge in [-0.2, -0.15) is 0 Å². The first-order valence-electron chi connectivity index (χ1n) is 5.75. The van der Waals surface area contributed by atoms with Gasteiger partial charge in [-0.25, -0.2) is 0 Å². The minimum absolute atomic E-state index is 0.0534. The van der Waals surface area contributed by atoms with E-state index in [9.17, 15) is 19.8 Å². The third-order valence-electron chi connectivity index (χ3n) is 4.71. The Hall–Kier alpha value is -1.32. The van der Waals surface area contributed by atoms with E-state index in [-0.39, 0.29) is 11.8 Å². The monoisotopic (exact) mass is 222 g/mol. The Kier molecular flexibility index (Phi) is 1.91. The molecule has 2 saturated carbocycles. The van der Waals surface area contributed by atoms with Gasteiger partial charge in [0.15, 0.2) is 0 Å². The van der Waals surface area contributed by atoms with Crippen LogP contribution < -0.4 is 0 Å². The minimum Gasteiger partial charge on any atom is -0.481 e. The quantitative estimate of drug-likeness (QED) is 0.689. The second kappa shape index (κ2) is 3.09. The maximum absolute atomic E-state index is 11.2. The molecular formula is C12H14O4. The molecule has 0 aromatic carbocycles. The molecule has 6 atom stereocenters. The van der Waals surface area contributed by atoms with Gasteiger partial charge in [0.2, 0.25) is 0 Å². The highest BCUT2D eigenvalue weighted by Gasteiger charge is 2.59. The van der Waals surface area contributed by atoms with Crippen LogP contribution in [-0.4, -0.2) is 22.2 Å². The number of carboxylic acids is 2. The average molecular weight is 222 g/mol. The molecule has 2 bridgehead atoms. The van der Waals surface area contributed by atoms with Crippen LogP contribution >= 0.6 is 0 Å². The second-order valence-electron chi connectivity index (χ2n) is 5.17. The number of aliphatic carboxylic acids is 2. The number of hydrogen-bond acceptors (Lipinski definition) is 2. The van der Waals surface area contributed by atoms with Crippen LogP contribution in [-0.2, 0) is 9.59 Å². The number of carboxylic acid groups (broad SMARTS) is 2. The molecule has 4 nitrogen and oxygen atoms in total. The van der Waals surface area contributed by atoms with Crippen molar-refractivity contribution in [3.8, 4) is 0 Å². The summed E-state index contributed by atoms with van der Waals surface area (Å²) in [7, 11) is 0. The molecule has 0 radical (unpaired) electrons. The molecule has 0 aromatic heterocycles. The van der Waals surface area contributed by atoms with E-state index in [1.54, 1.807) is 0 Å². The summed E-state index contributed by atoms with van der Waals surface area (Å²) >= 11 is 0. The first-order valence-corrected chi connectivity index (χ1v) is 5.75. The van der Waals surface area contributed by atoms with Crippen molar-refractivity contribution in [2.45, 2.75) is 12.8 Å². The largest absolute Gasteiger partial charge is 0.481 e. The SMILES string of the molecule is O=C(O)[C@@H]1[C@H]2C=C[C@@H]([C@@H]3CC[C@H]23)[C@H]1C(=O)O. The summed E-state index contributed by atoms with van der Waals surface area (Å²) < 4.78 is 0. The number of carbonyl (C=O) groups is 2. The Morgan fingerprint density at radius 1 is 0.875 bits per heavy atom. The normalized spacial score (nSPS) is 48.2. The van der Waals surface area contributed by atoms with E-state index in [0.717, 1.165) is 12.8 Å². The molecule has 0 aromatic rings. The lowest BCUT2D eigenvalue weighted by Crippen LogP contribution is -2.56. The maximum atomic E-state index is 11.2. The fraction of sp³-hybridized carbons (Fsp3) is 0.667. The first kappa shape index (κ1) is 9.87. The standard InChI is InChI=1S/C12H14O4/c13-11(14)9-7-3-4-8(10(9)12(15)16)6-2-1-5(6)7/h3-10H,1-2H2,(H,13,14)(H,15,16)/t5-,6+,7-,8-,9+,10+/m0/s1. The maximum Gasteiger partial charge on any atom is 0.308 e. The number of fused-ring (bicyclic) bond motifs is 1. The van der Waals surface area contributed by atoms with E-state index in [1.165, 1.54) is 0 Å². The van der Waals surface area contributed by atoms with Crippen molar-refractivity contribution in [3.63, 3.8) is 0 Å². The van der Waals surface area contributed by atoms with Crippen molar-refractivity contribution in [1.29, 1.82) is 0 Å². The van der Waals surface area contributed by atoms with E-state index in [2.05, 4.69) is 0 Å². The van der Waals surface area contributed by atoms with Crippen molar-refractivity contribution in [1.82, 2.24) is 0 Å². The molecule has 4 heteroatoms. The summed E-state index contributed by atoms with van der Waals surface area (Å²) in [5, 5.41) is 18.4. The van der Waals surface area contributed by atoms with Crippen LogP contribution in [0.4, 0.5) is 0 Å². The Bertz CT molecular complexity index is 350. The second-order valence-corrected chi connectivity index (χ2v) is 5.17. The fourth-order valence-electron chi connectivity index (χ4n) is 3.94. The predicted octanol–water partition coefficient (Wildman–Crippen LogP) is 1.23. The Morgan fingerprint density at radius 2 is 1.25 bits per heavy atom. The average Bonchev–Trinajstić information content (AvgIpc) is 2.15. The van der Waals surface area contributed by atoms with Crippen LogP contribution in [0.2, 0.25) is 0 Å².